The minimum absolute atomic E-state index is 0.0823. The summed E-state index contributed by atoms with van der Waals surface area (Å²) in [5.74, 6) is 0.541. The largest absolute Gasteiger partial charge is 0.469 e. The van der Waals surface area contributed by atoms with Gasteiger partial charge in [0.15, 0.2) is 0 Å². The minimum atomic E-state index is -0.161. The molecule has 1 aliphatic carbocycles. The summed E-state index contributed by atoms with van der Waals surface area (Å²) >= 11 is 0. The third-order valence-electron chi connectivity index (χ3n) is 7.47. The molecule has 0 radical (unpaired) electrons. The van der Waals surface area contributed by atoms with E-state index >= 15 is 0 Å². The van der Waals surface area contributed by atoms with E-state index in [1.54, 1.807) is 23.3 Å². The maximum Gasteiger partial charge on any atom is 0.305 e. The molecule has 1 aliphatic heterocycles. The van der Waals surface area contributed by atoms with Crippen LogP contribution in [-0.4, -0.2) is 41.2 Å². The van der Waals surface area contributed by atoms with Gasteiger partial charge in [-0.25, -0.2) is 4.98 Å². The standard InChI is InChI=1S/C27H34N2O4/c1-32-26(31)12-8-3-2-7-11-23-22(17-25(30)29-16-15-28-20-29)24-18-27(23,19-33-24)14-13-21-9-5-4-6-10-21/h2,4-7,9-10,15-16,20,22-24H,3,8,11-14,17-19H2,1H3/t22-,23+,24+,27+/m0/s1. The second kappa shape index (κ2) is 10.9. The van der Waals surface area contributed by atoms with Gasteiger partial charge in [0, 0.05) is 30.7 Å². The van der Waals surface area contributed by atoms with E-state index in [-0.39, 0.29) is 29.3 Å². The van der Waals surface area contributed by atoms with E-state index in [2.05, 4.69) is 47.5 Å². The van der Waals surface area contributed by atoms with Gasteiger partial charge in [-0.2, -0.15) is 0 Å². The van der Waals surface area contributed by atoms with Gasteiger partial charge in [-0.3, -0.25) is 14.2 Å². The molecular formula is C27H34N2O4. The second-order valence-electron chi connectivity index (χ2n) is 9.42. The molecule has 176 valence electrons. The summed E-state index contributed by atoms with van der Waals surface area (Å²) < 4.78 is 12.5. The van der Waals surface area contributed by atoms with Crippen LogP contribution in [0.5, 0.6) is 0 Å². The van der Waals surface area contributed by atoms with Crippen molar-refractivity contribution in [1.82, 2.24) is 9.55 Å². The predicted octanol–water partition coefficient (Wildman–Crippen LogP) is 4.86. The maximum absolute atomic E-state index is 12.9. The first-order valence-corrected chi connectivity index (χ1v) is 12.0. The summed E-state index contributed by atoms with van der Waals surface area (Å²) in [6, 6.07) is 10.6. The van der Waals surface area contributed by atoms with Crippen molar-refractivity contribution in [2.24, 2.45) is 17.3 Å². The molecule has 0 spiro atoms. The molecule has 4 rings (SSSR count). The maximum atomic E-state index is 12.9. The zero-order chi connectivity index (χ0) is 23.1. The molecule has 2 fully saturated rings. The highest BCUT2D eigenvalue weighted by Crippen LogP contribution is 2.58. The summed E-state index contributed by atoms with van der Waals surface area (Å²) in [6.45, 7) is 0.779. The number of hydrogen-bond acceptors (Lipinski definition) is 5. The Kier molecular flexibility index (Phi) is 7.76. The molecule has 2 aliphatic rings. The van der Waals surface area contributed by atoms with Crippen LogP contribution in [0.1, 0.15) is 55.3 Å². The van der Waals surface area contributed by atoms with Crippen molar-refractivity contribution in [2.45, 2.75) is 57.5 Å². The van der Waals surface area contributed by atoms with Crippen LogP contribution in [0.2, 0.25) is 0 Å². The van der Waals surface area contributed by atoms with Crippen molar-refractivity contribution in [1.29, 1.82) is 0 Å². The van der Waals surface area contributed by atoms with E-state index in [9.17, 15) is 9.59 Å². The van der Waals surface area contributed by atoms with E-state index in [0.717, 1.165) is 45.1 Å². The third kappa shape index (κ3) is 5.61. The van der Waals surface area contributed by atoms with Gasteiger partial charge >= 0.3 is 5.97 Å². The predicted molar refractivity (Wildman–Crippen MR) is 126 cm³/mol. The topological polar surface area (TPSA) is 70.4 Å². The number of aromatic nitrogens is 2. The average molecular weight is 451 g/mol. The van der Waals surface area contributed by atoms with Gasteiger partial charge in [-0.1, -0.05) is 42.5 Å². The number of benzene rings is 1. The van der Waals surface area contributed by atoms with Crippen molar-refractivity contribution in [2.75, 3.05) is 13.7 Å². The number of carbonyl (C=O) groups is 2. The summed E-state index contributed by atoms with van der Waals surface area (Å²) in [7, 11) is 1.43. The molecule has 1 saturated heterocycles. The Balaban J connectivity index is 1.43. The average Bonchev–Trinajstić information content (AvgIpc) is 3.58. The number of nitrogens with zero attached hydrogens (tertiary/aromatic N) is 2. The quantitative estimate of drug-likeness (QED) is 0.278. The lowest BCUT2D eigenvalue weighted by Crippen LogP contribution is -2.38. The smallest absolute Gasteiger partial charge is 0.305 e. The van der Waals surface area contributed by atoms with Crippen LogP contribution >= 0.6 is 0 Å². The first-order chi connectivity index (χ1) is 16.1. The van der Waals surface area contributed by atoms with E-state index in [0.29, 0.717) is 18.8 Å². The molecule has 33 heavy (non-hydrogen) atoms. The molecule has 2 bridgehead atoms. The Bertz CT molecular complexity index is 940. The first-order valence-electron chi connectivity index (χ1n) is 12.0. The lowest BCUT2D eigenvalue weighted by Gasteiger charge is -2.39. The molecule has 0 amide bonds. The Morgan fingerprint density at radius 1 is 1.27 bits per heavy atom. The van der Waals surface area contributed by atoms with E-state index in [1.807, 2.05) is 0 Å². The van der Waals surface area contributed by atoms with Crippen molar-refractivity contribution >= 4 is 11.9 Å². The third-order valence-corrected chi connectivity index (χ3v) is 7.47. The van der Waals surface area contributed by atoms with E-state index in [4.69, 9.17) is 9.47 Å². The molecule has 1 aromatic heterocycles. The van der Waals surface area contributed by atoms with Gasteiger partial charge in [0.2, 0.25) is 5.91 Å². The molecule has 4 atom stereocenters. The highest BCUT2D eigenvalue weighted by molar-refractivity contribution is 5.79. The fourth-order valence-corrected chi connectivity index (χ4v) is 5.67. The SMILES string of the molecule is COC(=O)CCCC=CC[C@@H]1[C@H](CC(=O)n2ccnc2)[C@H]2C[C@]1(CCc1ccccc1)CO2. The zero-order valence-electron chi connectivity index (χ0n) is 19.4. The number of hydrogen-bond donors (Lipinski definition) is 0. The number of fused-ring (bicyclic) bond motifs is 2. The first kappa shape index (κ1) is 23.4. The number of esters is 1. The monoisotopic (exact) mass is 450 g/mol. The van der Waals surface area contributed by atoms with Crippen LogP contribution in [0.25, 0.3) is 0 Å². The Labute approximate surface area is 196 Å². The normalized spacial score (nSPS) is 26.2. The fourth-order valence-electron chi connectivity index (χ4n) is 5.67. The number of rotatable bonds is 11. The lowest BCUT2D eigenvalue weighted by molar-refractivity contribution is -0.140. The van der Waals surface area contributed by atoms with Gasteiger partial charge in [-0.15, -0.1) is 0 Å². The summed E-state index contributed by atoms with van der Waals surface area (Å²) in [5, 5.41) is 0. The molecule has 0 unspecified atom stereocenters. The summed E-state index contributed by atoms with van der Waals surface area (Å²) in [6.07, 6.45) is 16.2. The number of methoxy groups -OCH3 is 1. The number of ether oxygens (including phenoxy) is 2. The molecule has 6 heteroatoms. The van der Waals surface area contributed by atoms with Crippen LogP contribution in [-0.2, 0) is 20.7 Å². The minimum Gasteiger partial charge on any atom is -0.469 e. The number of allylic oxidation sites excluding steroid dienone is 2. The Morgan fingerprint density at radius 3 is 2.88 bits per heavy atom. The molecule has 0 N–H and O–H groups in total. The fraction of sp³-hybridized carbons (Fsp3) is 0.519. The lowest BCUT2D eigenvalue weighted by atomic mass is 9.69. The van der Waals surface area contributed by atoms with Crippen LogP contribution in [0.4, 0.5) is 0 Å². The van der Waals surface area contributed by atoms with Crippen LogP contribution in [0.15, 0.2) is 61.2 Å². The number of aryl methyl sites for hydroxylation is 1. The molecule has 1 saturated carbocycles. The molecule has 2 aromatic rings. The van der Waals surface area contributed by atoms with Gasteiger partial charge in [0.25, 0.3) is 0 Å². The highest BCUT2D eigenvalue weighted by Gasteiger charge is 2.58. The van der Waals surface area contributed by atoms with Crippen molar-refractivity contribution in [3.63, 3.8) is 0 Å². The van der Waals surface area contributed by atoms with Crippen LogP contribution < -0.4 is 0 Å². The number of imidazole rings is 1. The molecule has 2 heterocycles. The molecular weight excluding hydrogens is 416 g/mol. The summed E-state index contributed by atoms with van der Waals surface area (Å²) in [4.78, 5) is 28.2. The Hall–Kier alpha value is -2.73. The molecule has 6 nitrogen and oxygen atoms in total. The van der Waals surface area contributed by atoms with Crippen LogP contribution in [0.3, 0.4) is 0 Å². The second-order valence-corrected chi connectivity index (χ2v) is 9.42. The van der Waals surface area contributed by atoms with Gasteiger partial charge in [0.05, 0.1) is 19.8 Å². The van der Waals surface area contributed by atoms with Crippen molar-refractivity contribution < 1.29 is 19.1 Å². The van der Waals surface area contributed by atoms with E-state index < -0.39 is 0 Å². The highest BCUT2D eigenvalue weighted by atomic mass is 16.5. The number of carbonyl (C=O) groups excluding carboxylic acids is 2. The van der Waals surface area contributed by atoms with Crippen molar-refractivity contribution in [3.05, 3.63) is 66.8 Å². The summed E-state index contributed by atoms with van der Waals surface area (Å²) in [5.41, 5.74) is 1.46. The Morgan fingerprint density at radius 2 is 2.12 bits per heavy atom. The zero-order valence-corrected chi connectivity index (χ0v) is 19.4. The van der Waals surface area contributed by atoms with Crippen LogP contribution in [0, 0.1) is 17.3 Å². The van der Waals surface area contributed by atoms with Gasteiger partial charge < -0.3 is 9.47 Å². The van der Waals surface area contributed by atoms with Gasteiger partial charge in [0.1, 0.15) is 6.33 Å². The number of unbranched alkanes of at least 4 members (excludes halogenated alkanes) is 1. The van der Waals surface area contributed by atoms with E-state index in [1.165, 1.54) is 12.7 Å². The van der Waals surface area contributed by atoms with Gasteiger partial charge in [-0.05, 0) is 55.9 Å². The van der Waals surface area contributed by atoms with Crippen molar-refractivity contribution in [3.8, 4) is 0 Å². The molecule has 1 aromatic carbocycles.